The molecule has 1 aromatic carbocycles. The van der Waals surface area contributed by atoms with E-state index in [0.717, 1.165) is 32.9 Å². The number of nitrogens with zero attached hydrogens (tertiary/aromatic N) is 1. The summed E-state index contributed by atoms with van der Waals surface area (Å²) >= 11 is 3.46. The standard InChI is InChI=1S/C13H15BrN2O2/c1-8-11(9(2)18-16-8)7-15-10-4-5-13(17-3)12(14)6-10/h4-6,15H,7H2,1-3H3. The van der Waals surface area contributed by atoms with Gasteiger partial charge >= 0.3 is 0 Å². The first-order valence-electron chi connectivity index (χ1n) is 5.61. The third kappa shape index (κ3) is 2.67. The van der Waals surface area contributed by atoms with Gasteiger partial charge in [0.25, 0.3) is 0 Å². The topological polar surface area (TPSA) is 47.3 Å². The van der Waals surface area contributed by atoms with Crippen molar-refractivity contribution in [1.82, 2.24) is 5.16 Å². The molecule has 0 unspecified atom stereocenters. The average molecular weight is 311 g/mol. The van der Waals surface area contributed by atoms with Crippen molar-refractivity contribution in [2.75, 3.05) is 12.4 Å². The van der Waals surface area contributed by atoms with E-state index in [4.69, 9.17) is 9.26 Å². The van der Waals surface area contributed by atoms with Crippen LogP contribution in [0.1, 0.15) is 17.0 Å². The zero-order chi connectivity index (χ0) is 13.1. The van der Waals surface area contributed by atoms with Crippen molar-refractivity contribution in [2.24, 2.45) is 0 Å². The van der Waals surface area contributed by atoms with Crippen LogP contribution in [0.15, 0.2) is 27.2 Å². The van der Waals surface area contributed by atoms with E-state index in [2.05, 4.69) is 26.4 Å². The van der Waals surface area contributed by atoms with Crippen LogP contribution in [-0.2, 0) is 6.54 Å². The molecule has 0 fully saturated rings. The van der Waals surface area contributed by atoms with Crippen molar-refractivity contribution in [1.29, 1.82) is 0 Å². The fourth-order valence-electron chi connectivity index (χ4n) is 1.72. The fourth-order valence-corrected chi connectivity index (χ4v) is 2.26. The molecule has 0 spiro atoms. The SMILES string of the molecule is COc1ccc(NCc2c(C)noc2C)cc1Br. The minimum absolute atomic E-state index is 0.694. The molecule has 0 atom stereocenters. The summed E-state index contributed by atoms with van der Waals surface area (Å²) in [6.07, 6.45) is 0. The molecule has 2 aromatic rings. The van der Waals surface area contributed by atoms with Gasteiger partial charge in [-0.25, -0.2) is 0 Å². The van der Waals surface area contributed by atoms with Crippen LogP contribution in [-0.4, -0.2) is 12.3 Å². The number of methoxy groups -OCH3 is 1. The molecule has 1 aromatic heterocycles. The molecular formula is C13H15BrN2O2. The van der Waals surface area contributed by atoms with Crippen molar-refractivity contribution < 1.29 is 9.26 Å². The molecule has 5 heteroatoms. The first-order valence-corrected chi connectivity index (χ1v) is 6.40. The Morgan fingerprint density at radius 2 is 2.17 bits per heavy atom. The van der Waals surface area contributed by atoms with Gasteiger partial charge in [-0.1, -0.05) is 5.16 Å². The van der Waals surface area contributed by atoms with E-state index >= 15 is 0 Å². The number of hydrogen-bond acceptors (Lipinski definition) is 4. The zero-order valence-corrected chi connectivity index (χ0v) is 12.2. The summed E-state index contributed by atoms with van der Waals surface area (Å²) in [4.78, 5) is 0. The van der Waals surface area contributed by atoms with Gasteiger partial charge < -0.3 is 14.6 Å². The fraction of sp³-hybridized carbons (Fsp3) is 0.308. The lowest BCUT2D eigenvalue weighted by atomic mass is 10.2. The first kappa shape index (κ1) is 13.0. The van der Waals surface area contributed by atoms with Crippen LogP contribution in [0.25, 0.3) is 0 Å². The highest BCUT2D eigenvalue weighted by atomic mass is 79.9. The molecule has 0 saturated carbocycles. The Kier molecular flexibility index (Phi) is 3.91. The number of benzene rings is 1. The summed E-state index contributed by atoms with van der Waals surface area (Å²) in [5, 5.41) is 7.26. The van der Waals surface area contributed by atoms with Gasteiger partial charge in [0, 0.05) is 17.8 Å². The van der Waals surface area contributed by atoms with Crippen LogP contribution in [0.3, 0.4) is 0 Å². The highest BCUT2D eigenvalue weighted by Gasteiger charge is 2.08. The van der Waals surface area contributed by atoms with Crippen molar-refractivity contribution in [2.45, 2.75) is 20.4 Å². The first-order chi connectivity index (χ1) is 8.61. The van der Waals surface area contributed by atoms with Crippen LogP contribution in [0, 0.1) is 13.8 Å². The van der Waals surface area contributed by atoms with Gasteiger partial charge in [-0.2, -0.15) is 0 Å². The van der Waals surface area contributed by atoms with E-state index in [1.807, 2.05) is 32.0 Å². The molecule has 1 heterocycles. The molecule has 0 radical (unpaired) electrons. The maximum Gasteiger partial charge on any atom is 0.138 e. The largest absolute Gasteiger partial charge is 0.496 e. The number of halogens is 1. The predicted octanol–water partition coefficient (Wildman–Crippen LogP) is 3.67. The highest BCUT2D eigenvalue weighted by Crippen LogP contribution is 2.28. The van der Waals surface area contributed by atoms with Crippen molar-refractivity contribution in [3.8, 4) is 5.75 Å². The lowest BCUT2D eigenvalue weighted by molar-refractivity contribution is 0.392. The maximum atomic E-state index is 5.19. The van der Waals surface area contributed by atoms with E-state index in [9.17, 15) is 0 Å². The maximum absolute atomic E-state index is 5.19. The van der Waals surface area contributed by atoms with Crippen LogP contribution in [0.5, 0.6) is 5.75 Å². The molecule has 2 rings (SSSR count). The smallest absolute Gasteiger partial charge is 0.138 e. The molecule has 96 valence electrons. The number of rotatable bonds is 4. The minimum Gasteiger partial charge on any atom is -0.496 e. The molecule has 4 nitrogen and oxygen atoms in total. The molecule has 1 N–H and O–H groups in total. The minimum atomic E-state index is 0.694. The van der Waals surface area contributed by atoms with E-state index in [1.54, 1.807) is 7.11 Å². The van der Waals surface area contributed by atoms with Crippen molar-refractivity contribution in [3.63, 3.8) is 0 Å². The van der Waals surface area contributed by atoms with Gasteiger partial charge in [0.1, 0.15) is 11.5 Å². The number of aryl methyl sites for hydroxylation is 2. The predicted molar refractivity (Wildman–Crippen MR) is 74.0 cm³/mol. The van der Waals surface area contributed by atoms with E-state index in [0.29, 0.717) is 6.54 Å². The summed E-state index contributed by atoms with van der Waals surface area (Å²) in [5.74, 6) is 1.67. The molecule has 0 bridgehead atoms. The van der Waals surface area contributed by atoms with Crippen LogP contribution < -0.4 is 10.1 Å². The number of aromatic nitrogens is 1. The Morgan fingerprint density at radius 1 is 1.39 bits per heavy atom. The lowest BCUT2D eigenvalue weighted by Crippen LogP contribution is -2.01. The number of anilines is 1. The Labute approximate surface area is 114 Å². The second-order valence-electron chi connectivity index (χ2n) is 4.01. The number of ether oxygens (including phenoxy) is 1. The molecule has 0 aliphatic carbocycles. The third-order valence-corrected chi connectivity index (χ3v) is 3.42. The van der Waals surface area contributed by atoms with Gasteiger partial charge in [-0.3, -0.25) is 0 Å². The molecular weight excluding hydrogens is 296 g/mol. The third-order valence-electron chi connectivity index (χ3n) is 2.80. The summed E-state index contributed by atoms with van der Waals surface area (Å²) in [5.41, 5.74) is 3.04. The van der Waals surface area contributed by atoms with Crippen LogP contribution in [0.4, 0.5) is 5.69 Å². The molecule has 0 aliphatic heterocycles. The van der Waals surface area contributed by atoms with Crippen molar-refractivity contribution in [3.05, 3.63) is 39.7 Å². The van der Waals surface area contributed by atoms with Gasteiger partial charge in [-0.05, 0) is 48.0 Å². The van der Waals surface area contributed by atoms with Crippen molar-refractivity contribution >= 4 is 21.6 Å². The van der Waals surface area contributed by atoms with Gasteiger partial charge in [0.2, 0.25) is 0 Å². The van der Waals surface area contributed by atoms with Crippen LogP contribution in [0.2, 0.25) is 0 Å². The average Bonchev–Trinajstić information content (AvgIpc) is 2.67. The monoisotopic (exact) mass is 310 g/mol. The van der Waals surface area contributed by atoms with E-state index in [1.165, 1.54) is 0 Å². The molecule has 0 amide bonds. The Bertz CT molecular complexity index is 532. The normalized spacial score (nSPS) is 10.4. The Balaban J connectivity index is 2.09. The quantitative estimate of drug-likeness (QED) is 0.936. The van der Waals surface area contributed by atoms with E-state index in [-0.39, 0.29) is 0 Å². The molecule has 0 saturated heterocycles. The summed E-state index contributed by atoms with van der Waals surface area (Å²) < 4.78 is 11.2. The van der Waals surface area contributed by atoms with Crippen LogP contribution >= 0.6 is 15.9 Å². The molecule has 18 heavy (non-hydrogen) atoms. The van der Waals surface area contributed by atoms with Gasteiger partial charge in [0.05, 0.1) is 17.3 Å². The Hall–Kier alpha value is -1.49. The van der Waals surface area contributed by atoms with Gasteiger partial charge in [-0.15, -0.1) is 0 Å². The molecule has 0 aliphatic rings. The summed E-state index contributed by atoms with van der Waals surface area (Å²) in [6.45, 7) is 4.55. The number of hydrogen-bond donors (Lipinski definition) is 1. The highest BCUT2D eigenvalue weighted by molar-refractivity contribution is 9.10. The Morgan fingerprint density at radius 3 is 2.72 bits per heavy atom. The zero-order valence-electron chi connectivity index (χ0n) is 10.6. The second-order valence-corrected chi connectivity index (χ2v) is 4.86. The van der Waals surface area contributed by atoms with Gasteiger partial charge in [0.15, 0.2) is 0 Å². The number of nitrogens with one attached hydrogen (secondary N) is 1. The lowest BCUT2D eigenvalue weighted by Gasteiger charge is -2.08. The second kappa shape index (κ2) is 5.44. The summed E-state index contributed by atoms with van der Waals surface area (Å²) in [6, 6.07) is 5.87. The summed E-state index contributed by atoms with van der Waals surface area (Å²) in [7, 11) is 1.65. The van der Waals surface area contributed by atoms with E-state index < -0.39 is 0 Å².